The van der Waals surface area contributed by atoms with Gasteiger partial charge in [-0.3, -0.25) is 0 Å². The zero-order valence-corrected chi connectivity index (χ0v) is 15.9. The van der Waals surface area contributed by atoms with E-state index in [4.69, 9.17) is 16.7 Å². The first-order chi connectivity index (χ1) is 11.2. The van der Waals surface area contributed by atoms with Crippen LogP contribution in [0.25, 0.3) is 10.1 Å². The maximum absolute atomic E-state index is 12.8. The average Bonchev–Trinajstić information content (AvgIpc) is 3.00. The van der Waals surface area contributed by atoms with Crippen LogP contribution in [0.2, 0.25) is 5.02 Å². The quantitative estimate of drug-likeness (QED) is 0.704. The molecule has 3 rings (SSSR count). The fraction of sp³-hybridized carbons (Fsp3) is 0.200. The number of rotatable bonds is 4. The largest absolute Gasteiger partial charge is 0.477 e. The number of benzene rings is 1. The highest BCUT2D eigenvalue weighted by molar-refractivity contribution is 7.93. The number of carboxylic acid groups (broad SMARTS) is 1. The minimum Gasteiger partial charge on any atom is -0.477 e. The number of thiophene rings is 1. The Morgan fingerprint density at radius 1 is 1.29 bits per heavy atom. The summed E-state index contributed by atoms with van der Waals surface area (Å²) in [6.45, 7) is 3.31. The molecule has 0 bridgehead atoms. The van der Waals surface area contributed by atoms with Gasteiger partial charge >= 0.3 is 5.97 Å². The summed E-state index contributed by atoms with van der Waals surface area (Å²) in [6.07, 6.45) is 0. The fourth-order valence-electron chi connectivity index (χ4n) is 2.41. The van der Waals surface area contributed by atoms with Crippen molar-refractivity contribution in [3.63, 3.8) is 0 Å². The van der Waals surface area contributed by atoms with Gasteiger partial charge in [0.1, 0.15) is 19.8 Å². The molecule has 1 aromatic carbocycles. The highest BCUT2D eigenvalue weighted by atomic mass is 35.5. The van der Waals surface area contributed by atoms with Crippen LogP contribution < -0.4 is 0 Å². The molecule has 2 aromatic heterocycles. The van der Waals surface area contributed by atoms with Gasteiger partial charge in [0.15, 0.2) is 9.84 Å². The van der Waals surface area contributed by atoms with Crippen LogP contribution >= 0.6 is 34.3 Å². The van der Waals surface area contributed by atoms with Gasteiger partial charge < -0.3 is 5.11 Å². The van der Waals surface area contributed by atoms with Crippen LogP contribution in [0, 0.1) is 13.8 Å². The number of thiazole rings is 1. The highest BCUT2D eigenvalue weighted by Crippen LogP contribution is 2.37. The van der Waals surface area contributed by atoms with E-state index in [0.29, 0.717) is 16.3 Å². The molecule has 24 heavy (non-hydrogen) atoms. The van der Waals surface area contributed by atoms with Crippen LogP contribution in [0.4, 0.5) is 0 Å². The van der Waals surface area contributed by atoms with Gasteiger partial charge in [-0.25, -0.2) is 18.2 Å². The molecule has 5 nitrogen and oxygen atoms in total. The molecule has 0 spiro atoms. The van der Waals surface area contributed by atoms with E-state index < -0.39 is 15.8 Å². The van der Waals surface area contributed by atoms with Crippen LogP contribution in [0.5, 0.6) is 0 Å². The third kappa shape index (κ3) is 3.06. The molecule has 0 amide bonds. The number of halogens is 1. The van der Waals surface area contributed by atoms with Crippen molar-refractivity contribution in [3.8, 4) is 0 Å². The highest BCUT2D eigenvalue weighted by Gasteiger charge is 2.25. The molecule has 0 fully saturated rings. The van der Waals surface area contributed by atoms with E-state index in [1.54, 1.807) is 32.0 Å². The van der Waals surface area contributed by atoms with E-state index in [1.807, 2.05) is 0 Å². The van der Waals surface area contributed by atoms with Gasteiger partial charge in [-0.2, -0.15) is 0 Å². The average molecular weight is 402 g/mol. The molecule has 0 aliphatic carbocycles. The van der Waals surface area contributed by atoms with Gasteiger partial charge in [0.25, 0.3) is 0 Å². The summed E-state index contributed by atoms with van der Waals surface area (Å²) in [5.74, 6) is -1.41. The predicted octanol–water partition coefficient (Wildman–Crippen LogP) is 4.30. The summed E-state index contributed by atoms with van der Waals surface area (Å²) in [4.78, 5) is 15.2. The Morgan fingerprint density at radius 2 is 2.00 bits per heavy atom. The second-order valence-electron chi connectivity index (χ2n) is 5.24. The monoisotopic (exact) mass is 401 g/mol. The third-order valence-corrected chi connectivity index (χ3v) is 8.65. The molecule has 0 atom stereocenters. The Morgan fingerprint density at radius 3 is 2.62 bits per heavy atom. The Balaban J connectivity index is 2.04. The summed E-state index contributed by atoms with van der Waals surface area (Å²) in [7, 11) is -3.62. The lowest BCUT2D eigenvalue weighted by Gasteiger charge is -2.00. The van der Waals surface area contributed by atoms with Crippen molar-refractivity contribution in [3.05, 3.63) is 44.4 Å². The van der Waals surface area contributed by atoms with E-state index >= 15 is 0 Å². The van der Waals surface area contributed by atoms with Crippen molar-refractivity contribution in [2.24, 2.45) is 0 Å². The van der Waals surface area contributed by atoms with E-state index in [2.05, 4.69) is 4.98 Å². The van der Waals surface area contributed by atoms with Crippen molar-refractivity contribution in [2.45, 2.75) is 23.8 Å². The van der Waals surface area contributed by atoms with Crippen LogP contribution in [0.15, 0.2) is 22.4 Å². The molecule has 126 valence electrons. The summed E-state index contributed by atoms with van der Waals surface area (Å²) in [5, 5.41) is 10.7. The number of nitrogens with zero attached hydrogens (tertiary/aromatic N) is 1. The number of aryl methyl sites for hydroxylation is 2. The number of carboxylic acids is 1. The van der Waals surface area contributed by atoms with Crippen molar-refractivity contribution < 1.29 is 18.3 Å². The number of aromatic carboxylic acids is 1. The first-order valence-electron chi connectivity index (χ1n) is 6.80. The Hall–Kier alpha value is -1.48. The number of sulfone groups is 1. The van der Waals surface area contributed by atoms with Gasteiger partial charge in [0.05, 0.1) is 5.69 Å². The standard InChI is InChI=1S/C15H12ClNO4S3/c1-7-10-5-9(16)3-4-11(10)22-15(7)24(20,21)6-12-17-8(2)13(23-12)14(18)19/h3-5H,6H2,1-2H3,(H,18,19). The second-order valence-corrected chi connectivity index (χ2v) is 10.00. The maximum atomic E-state index is 12.8. The van der Waals surface area contributed by atoms with Gasteiger partial charge in [0, 0.05) is 9.72 Å². The minimum absolute atomic E-state index is 0.0695. The Bertz CT molecular complexity index is 1070. The SMILES string of the molecule is Cc1nc(CS(=O)(=O)c2sc3ccc(Cl)cc3c2C)sc1C(=O)O. The molecule has 0 aliphatic heterocycles. The number of carbonyl (C=O) groups is 1. The van der Waals surface area contributed by atoms with Crippen LogP contribution in [0.3, 0.4) is 0 Å². The molecule has 0 saturated heterocycles. The Labute approximate surface area is 151 Å². The lowest BCUT2D eigenvalue weighted by Crippen LogP contribution is -2.04. The number of hydrogen-bond acceptors (Lipinski definition) is 6. The van der Waals surface area contributed by atoms with Crippen molar-refractivity contribution in [1.82, 2.24) is 4.98 Å². The Kier molecular flexibility index (Phi) is 4.41. The zero-order chi connectivity index (χ0) is 17.6. The first-order valence-corrected chi connectivity index (χ1v) is 10.5. The minimum atomic E-state index is -3.62. The molecule has 1 N–H and O–H groups in total. The summed E-state index contributed by atoms with van der Waals surface area (Å²) < 4.78 is 26.6. The summed E-state index contributed by atoms with van der Waals surface area (Å²) in [5.41, 5.74) is 0.988. The summed E-state index contributed by atoms with van der Waals surface area (Å²) in [6, 6.07) is 5.27. The maximum Gasteiger partial charge on any atom is 0.347 e. The fourth-order valence-corrected chi connectivity index (χ4v) is 6.95. The molecule has 0 saturated carbocycles. The van der Waals surface area contributed by atoms with Gasteiger partial charge in [-0.1, -0.05) is 11.6 Å². The third-order valence-electron chi connectivity index (χ3n) is 3.49. The number of hydrogen-bond donors (Lipinski definition) is 1. The van der Waals surface area contributed by atoms with Gasteiger partial charge in [-0.15, -0.1) is 22.7 Å². The molecule has 9 heteroatoms. The topological polar surface area (TPSA) is 84.3 Å². The lowest BCUT2D eigenvalue weighted by molar-refractivity contribution is 0.0701. The van der Waals surface area contributed by atoms with Gasteiger partial charge in [0.2, 0.25) is 0 Å². The molecule has 0 radical (unpaired) electrons. The first kappa shape index (κ1) is 17.3. The molecule has 3 aromatic rings. The summed E-state index contributed by atoms with van der Waals surface area (Å²) >= 11 is 8.07. The van der Waals surface area contributed by atoms with Crippen LogP contribution in [0.1, 0.15) is 25.9 Å². The van der Waals surface area contributed by atoms with E-state index in [9.17, 15) is 13.2 Å². The van der Waals surface area contributed by atoms with E-state index in [1.165, 1.54) is 11.3 Å². The van der Waals surface area contributed by atoms with Crippen molar-refractivity contribution >= 4 is 60.2 Å². The van der Waals surface area contributed by atoms with Crippen molar-refractivity contribution in [1.29, 1.82) is 0 Å². The molecule has 2 heterocycles. The number of fused-ring (bicyclic) bond motifs is 1. The zero-order valence-electron chi connectivity index (χ0n) is 12.7. The second kappa shape index (κ2) is 6.11. The molecule has 0 unspecified atom stereocenters. The van der Waals surface area contributed by atoms with E-state index in [0.717, 1.165) is 21.4 Å². The van der Waals surface area contributed by atoms with Crippen LogP contribution in [-0.4, -0.2) is 24.5 Å². The van der Waals surface area contributed by atoms with E-state index in [-0.39, 0.29) is 19.8 Å². The predicted molar refractivity (Wildman–Crippen MR) is 96.3 cm³/mol. The normalized spacial score (nSPS) is 12.0. The lowest BCUT2D eigenvalue weighted by atomic mass is 10.2. The van der Waals surface area contributed by atoms with Crippen molar-refractivity contribution in [2.75, 3.05) is 0 Å². The molecular weight excluding hydrogens is 390 g/mol. The number of aromatic nitrogens is 1. The molecular formula is C15H12ClNO4S3. The molecule has 0 aliphatic rings. The smallest absolute Gasteiger partial charge is 0.347 e. The van der Waals surface area contributed by atoms with Crippen LogP contribution in [-0.2, 0) is 15.6 Å². The van der Waals surface area contributed by atoms with Gasteiger partial charge in [-0.05, 0) is 43.0 Å².